The Morgan fingerprint density at radius 1 is 1.04 bits per heavy atom. The number of unbranched alkanes of at least 4 members (excludes halogenated alkanes) is 1. The van der Waals surface area contributed by atoms with Gasteiger partial charge in [0.2, 0.25) is 0 Å². The quantitative estimate of drug-likeness (QED) is 0.115. The number of carbonyl (C=O) groups is 2. The molecule has 3 aromatic carbocycles. The first-order valence-electron chi connectivity index (χ1n) is 14.8. The molecular weight excluding hydrogens is 612 g/mol. The van der Waals surface area contributed by atoms with Crippen LogP contribution >= 0.6 is 11.6 Å². The standard InChI is InChI=1S/C35H35ClN2O8/c1-5-6-12-38-33(28-10-8-26(42-3)18-31(28)45-20-24-15-25(36)7-9-27(24)34(39)40)32(19-37-38)46-35(41)21(2)14-23-17-30-22(11-13-44-30)16-29(23)43-4/h7-10,15-19H,2,5-6,11-14,20H2,1,3-4H3,(H,39,40). The highest BCUT2D eigenvalue weighted by Gasteiger charge is 2.24. The molecule has 0 aliphatic carbocycles. The summed E-state index contributed by atoms with van der Waals surface area (Å²) in [6.45, 7) is 7.14. The van der Waals surface area contributed by atoms with Crippen LogP contribution in [-0.4, -0.2) is 47.7 Å². The molecule has 1 aromatic heterocycles. The Labute approximate surface area is 272 Å². The van der Waals surface area contributed by atoms with Gasteiger partial charge in [-0.3, -0.25) is 4.68 Å². The van der Waals surface area contributed by atoms with Gasteiger partial charge in [-0.2, -0.15) is 5.10 Å². The molecule has 0 fully saturated rings. The minimum absolute atomic E-state index is 0.0709. The second-order valence-corrected chi connectivity index (χ2v) is 11.2. The van der Waals surface area contributed by atoms with E-state index in [-0.39, 0.29) is 29.9 Å². The van der Waals surface area contributed by atoms with Crippen molar-refractivity contribution in [2.75, 3.05) is 20.8 Å². The second-order valence-electron chi connectivity index (χ2n) is 10.7. The molecule has 1 aliphatic heterocycles. The van der Waals surface area contributed by atoms with E-state index in [1.54, 1.807) is 36.1 Å². The maximum Gasteiger partial charge on any atom is 0.339 e. The molecule has 11 heteroatoms. The van der Waals surface area contributed by atoms with Crippen LogP contribution in [0.1, 0.15) is 46.8 Å². The Kier molecular flexibility index (Phi) is 10.2. The van der Waals surface area contributed by atoms with Crippen molar-refractivity contribution in [1.29, 1.82) is 0 Å². The molecule has 0 atom stereocenters. The van der Waals surface area contributed by atoms with Gasteiger partial charge in [-0.15, -0.1) is 0 Å². The molecule has 10 nitrogen and oxygen atoms in total. The number of halogens is 1. The fraction of sp³-hybridized carbons (Fsp3) is 0.286. The highest BCUT2D eigenvalue weighted by Crippen LogP contribution is 2.40. The van der Waals surface area contributed by atoms with E-state index < -0.39 is 11.9 Å². The molecule has 0 spiro atoms. The number of fused-ring (bicyclic) bond motifs is 1. The number of methoxy groups -OCH3 is 2. The zero-order valence-electron chi connectivity index (χ0n) is 25.9. The van der Waals surface area contributed by atoms with Gasteiger partial charge in [0.05, 0.1) is 32.6 Å². The van der Waals surface area contributed by atoms with E-state index in [4.69, 9.17) is 35.3 Å². The summed E-state index contributed by atoms with van der Waals surface area (Å²) in [5.41, 5.74) is 3.59. The summed E-state index contributed by atoms with van der Waals surface area (Å²) in [7, 11) is 3.12. The van der Waals surface area contributed by atoms with Crippen LogP contribution in [0.2, 0.25) is 5.02 Å². The molecule has 0 saturated carbocycles. The van der Waals surface area contributed by atoms with Gasteiger partial charge in [-0.25, -0.2) is 9.59 Å². The Hall–Kier alpha value is -4.96. The number of carbonyl (C=O) groups excluding carboxylic acids is 1. The van der Waals surface area contributed by atoms with Crippen molar-refractivity contribution in [2.24, 2.45) is 0 Å². The Balaban J connectivity index is 1.46. The zero-order chi connectivity index (χ0) is 32.8. The van der Waals surface area contributed by atoms with Gasteiger partial charge in [-0.05, 0) is 48.9 Å². The number of nitrogens with zero attached hydrogens (tertiary/aromatic N) is 2. The van der Waals surface area contributed by atoms with Gasteiger partial charge in [0.15, 0.2) is 5.75 Å². The fourth-order valence-corrected chi connectivity index (χ4v) is 5.42. The summed E-state index contributed by atoms with van der Waals surface area (Å²) in [5.74, 6) is 0.804. The summed E-state index contributed by atoms with van der Waals surface area (Å²) < 4.78 is 30.6. The lowest BCUT2D eigenvalue weighted by atomic mass is 10.0. The van der Waals surface area contributed by atoms with E-state index in [1.807, 2.05) is 12.1 Å². The van der Waals surface area contributed by atoms with Crippen LogP contribution < -0.4 is 23.7 Å². The Morgan fingerprint density at radius 3 is 2.61 bits per heavy atom. The van der Waals surface area contributed by atoms with Gasteiger partial charge in [0.25, 0.3) is 0 Å². The number of carboxylic acids is 1. The van der Waals surface area contributed by atoms with E-state index in [1.165, 1.54) is 25.4 Å². The van der Waals surface area contributed by atoms with Crippen LogP contribution in [0.15, 0.2) is 66.9 Å². The number of aromatic nitrogens is 2. The molecule has 240 valence electrons. The molecular formula is C35H35ClN2O8. The van der Waals surface area contributed by atoms with E-state index in [9.17, 15) is 14.7 Å². The molecule has 0 bridgehead atoms. The fourth-order valence-electron chi connectivity index (χ4n) is 5.23. The molecule has 0 amide bonds. The maximum atomic E-state index is 13.4. The van der Waals surface area contributed by atoms with Crippen LogP contribution in [0.4, 0.5) is 0 Å². The minimum Gasteiger partial charge on any atom is -0.497 e. The predicted molar refractivity (Wildman–Crippen MR) is 173 cm³/mol. The van der Waals surface area contributed by atoms with E-state index in [0.29, 0.717) is 52.2 Å². The van der Waals surface area contributed by atoms with Crippen molar-refractivity contribution >= 4 is 23.5 Å². The van der Waals surface area contributed by atoms with Crippen LogP contribution in [-0.2, 0) is 30.8 Å². The number of rotatable bonds is 14. The van der Waals surface area contributed by atoms with Crippen LogP contribution in [0.3, 0.4) is 0 Å². The van der Waals surface area contributed by atoms with E-state index in [0.717, 1.165) is 36.1 Å². The third-order valence-electron chi connectivity index (χ3n) is 7.64. The number of ether oxygens (including phenoxy) is 5. The first-order valence-corrected chi connectivity index (χ1v) is 15.2. The lowest BCUT2D eigenvalue weighted by molar-refractivity contribution is -0.130. The first kappa shape index (κ1) is 32.4. The molecule has 1 N–H and O–H groups in total. The lowest BCUT2D eigenvalue weighted by Gasteiger charge is -2.17. The molecule has 46 heavy (non-hydrogen) atoms. The van der Waals surface area contributed by atoms with Crippen LogP contribution in [0.25, 0.3) is 11.3 Å². The van der Waals surface area contributed by atoms with Gasteiger partial charge in [-0.1, -0.05) is 31.5 Å². The third kappa shape index (κ3) is 7.13. The number of carboxylic acid groups (broad SMARTS) is 1. The van der Waals surface area contributed by atoms with Crippen LogP contribution in [0, 0.1) is 0 Å². The minimum atomic E-state index is -1.10. The highest BCUT2D eigenvalue weighted by atomic mass is 35.5. The van der Waals surface area contributed by atoms with Gasteiger partial charge >= 0.3 is 11.9 Å². The topological polar surface area (TPSA) is 118 Å². The number of aryl methyl sites for hydroxylation is 1. The van der Waals surface area contributed by atoms with Gasteiger partial charge in [0.1, 0.15) is 35.3 Å². The summed E-state index contributed by atoms with van der Waals surface area (Å²) in [4.78, 5) is 25.3. The van der Waals surface area contributed by atoms with Crippen molar-refractivity contribution in [3.05, 3.63) is 94.2 Å². The summed E-state index contributed by atoms with van der Waals surface area (Å²) in [6.07, 6.45) is 4.23. The molecule has 1 aliphatic rings. The highest BCUT2D eigenvalue weighted by molar-refractivity contribution is 6.30. The Morgan fingerprint density at radius 2 is 1.87 bits per heavy atom. The lowest BCUT2D eigenvalue weighted by Crippen LogP contribution is -2.13. The molecule has 0 saturated heterocycles. The molecule has 4 aromatic rings. The molecule has 0 radical (unpaired) electrons. The Bertz CT molecular complexity index is 1780. The second kappa shape index (κ2) is 14.4. The van der Waals surface area contributed by atoms with Gasteiger partial charge in [0, 0.05) is 58.3 Å². The molecule has 0 unspecified atom stereocenters. The number of esters is 1. The third-order valence-corrected chi connectivity index (χ3v) is 7.88. The summed E-state index contributed by atoms with van der Waals surface area (Å²) in [5, 5.41) is 14.6. The smallest absolute Gasteiger partial charge is 0.339 e. The van der Waals surface area contributed by atoms with Crippen molar-refractivity contribution in [3.8, 4) is 40.0 Å². The number of benzene rings is 3. The average Bonchev–Trinajstić information content (AvgIpc) is 3.68. The van der Waals surface area contributed by atoms with Crippen molar-refractivity contribution in [2.45, 2.75) is 45.8 Å². The molecule has 5 rings (SSSR count). The van der Waals surface area contributed by atoms with Crippen molar-refractivity contribution in [3.63, 3.8) is 0 Å². The molecule has 2 heterocycles. The first-order chi connectivity index (χ1) is 22.2. The summed E-state index contributed by atoms with van der Waals surface area (Å²) >= 11 is 6.17. The van der Waals surface area contributed by atoms with Crippen LogP contribution in [0.5, 0.6) is 28.7 Å². The number of hydrogen-bond donors (Lipinski definition) is 1. The van der Waals surface area contributed by atoms with E-state index >= 15 is 0 Å². The van der Waals surface area contributed by atoms with Crippen molar-refractivity contribution in [1.82, 2.24) is 9.78 Å². The van der Waals surface area contributed by atoms with Crippen molar-refractivity contribution < 1.29 is 38.4 Å². The maximum absolute atomic E-state index is 13.4. The number of aromatic carboxylic acids is 1. The van der Waals surface area contributed by atoms with Gasteiger partial charge < -0.3 is 28.8 Å². The zero-order valence-corrected chi connectivity index (χ0v) is 26.7. The number of hydrogen-bond acceptors (Lipinski definition) is 8. The predicted octanol–water partition coefficient (Wildman–Crippen LogP) is 6.94. The normalized spacial score (nSPS) is 11.8. The SMILES string of the molecule is C=C(Cc1cc2c(cc1OC)CCO2)C(=O)Oc1cnn(CCCC)c1-c1ccc(OC)cc1OCc1cc(Cl)ccc1C(=O)O. The summed E-state index contributed by atoms with van der Waals surface area (Å²) in [6, 6.07) is 13.5. The average molecular weight is 647 g/mol. The largest absolute Gasteiger partial charge is 0.497 e. The van der Waals surface area contributed by atoms with E-state index in [2.05, 4.69) is 18.6 Å². The monoisotopic (exact) mass is 646 g/mol.